The summed E-state index contributed by atoms with van der Waals surface area (Å²) >= 11 is 1.38. The van der Waals surface area contributed by atoms with Crippen LogP contribution in [0, 0.1) is 5.92 Å². The highest BCUT2D eigenvalue weighted by Crippen LogP contribution is 2.38. The van der Waals surface area contributed by atoms with Crippen LogP contribution in [0.4, 0.5) is 11.4 Å². The number of amides is 2. The minimum Gasteiger partial charge on any atom is -0.311 e. The van der Waals surface area contributed by atoms with E-state index in [1.165, 1.54) is 17.3 Å². The van der Waals surface area contributed by atoms with Crippen molar-refractivity contribution in [3.8, 4) is 0 Å². The van der Waals surface area contributed by atoms with Gasteiger partial charge in [-0.25, -0.2) is 9.89 Å². The summed E-state index contributed by atoms with van der Waals surface area (Å²) in [7, 11) is 0. The van der Waals surface area contributed by atoms with Crippen LogP contribution >= 0.6 is 11.8 Å². The fraction of sp³-hybridized carbons (Fsp3) is 0.385. The highest BCUT2D eigenvalue weighted by molar-refractivity contribution is 8.15. The minimum absolute atomic E-state index is 0.0473. The van der Waals surface area contributed by atoms with Gasteiger partial charge in [-0.3, -0.25) is 14.6 Å². The van der Waals surface area contributed by atoms with Gasteiger partial charge in [0.15, 0.2) is 5.17 Å². The van der Waals surface area contributed by atoms with Crippen LogP contribution in [0.3, 0.4) is 0 Å². The van der Waals surface area contributed by atoms with E-state index in [1.54, 1.807) is 4.90 Å². The molecule has 2 aromatic rings. The van der Waals surface area contributed by atoms with Crippen LogP contribution in [0.15, 0.2) is 58.5 Å². The summed E-state index contributed by atoms with van der Waals surface area (Å²) < 4.78 is 0. The number of para-hydroxylation sites is 2. The molecule has 5 rings (SSSR count). The Bertz CT molecular complexity index is 1170. The fourth-order valence-corrected chi connectivity index (χ4v) is 5.70. The van der Waals surface area contributed by atoms with E-state index in [4.69, 9.17) is 9.98 Å². The van der Waals surface area contributed by atoms with Crippen molar-refractivity contribution in [2.45, 2.75) is 51.3 Å². The van der Waals surface area contributed by atoms with E-state index in [0.29, 0.717) is 24.0 Å². The maximum atomic E-state index is 13.6. The monoisotopic (exact) mass is 460 g/mol. The molecule has 3 aliphatic heterocycles. The third-order valence-corrected chi connectivity index (χ3v) is 8.03. The van der Waals surface area contributed by atoms with Crippen LogP contribution in [0.1, 0.15) is 44.7 Å². The van der Waals surface area contributed by atoms with E-state index >= 15 is 0 Å². The number of amidine groups is 2. The van der Waals surface area contributed by atoms with Crippen molar-refractivity contribution >= 4 is 46.0 Å². The Labute approximate surface area is 198 Å². The quantitative estimate of drug-likeness (QED) is 0.644. The Morgan fingerprint density at radius 2 is 1.88 bits per heavy atom. The predicted octanol–water partition coefficient (Wildman–Crippen LogP) is 4.79. The van der Waals surface area contributed by atoms with Gasteiger partial charge in [-0.15, -0.1) is 0 Å². The second-order valence-electron chi connectivity index (χ2n) is 8.75. The Morgan fingerprint density at radius 3 is 2.67 bits per heavy atom. The van der Waals surface area contributed by atoms with Crippen molar-refractivity contribution in [2.75, 3.05) is 11.4 Å². The van der Waals surface area contributed by atoms with Crippen molar-refractivity contribution in [3.05, 3.63) is 59.7 Å². The van der Waals surface area contributed by atoms with Gasteiger partial charge in [0.25, 0.3) is 5.91 Å². The zero-order valence-electron chi connectivity index (χ0n) is 19.2. The summed E-state index contributed by atoms with van der Waals surface area (Å²) in [6.07, 6.45) is 2.38. The van der Waals surface area contributed by atoms with Gasteiger partial charge in [0.05, 0.1) is 10.9 Å². The standard InChI is InChI=1S/C26H28N4O2S/c1-4-16(3)22-25(32)30-23(28-22)18-11-7-8-12-19(18)27-26(30)33-21(5-2)24(31)29-15-14-17-10-6-9-13-20(17)29/h6-13,16,21-22H,4-5,14-15H2,1-3H3. The molecular weight excluding hydrogens is 432 g/mol. The molecule has 3 aliphatic rings. The Morgan fingerprint density at radius 1 is 1.12 bits per heavy atom. The van der Waals surface area contributed by atoms with Gasteiger partial charge in [-0.2, -0.15) is 0 Å². The molecule has 0 bridgehead atoms. The molecule has 2 aromatic carbocycles. The van der Waals surface area contributed by atoms with Gasteiger partial charge >= 0.3 is 0 Å². The van der Waals surface area contributed by atoms with Crippen LogP contribution in [0.5, 0.6) is 0 Å². The molecule has 0 saturated carbocycles. The van der Waals surface area contributed by atoms with Crippen molar-refractivity contribution < 1.29 is 9.59 Å². The fourth-order valence-electron chi connectivity index (χ4n) is 4.62. The van der Waals surface area contributed by atoms with E-state index in [1.807, 2.05) is 54.3 Å². The average Bonchev–Trinajstić information content (AvgIpc) is 3.43. The van der Waals surface area contributed by atoms with E-state index in [9.17, 15) is 9.59 Å². The Balaban J connectivity index is 1.47. The first-order chi connectivity index (χ1) is 16.0. The van der Waals surface area contributed by atoms with E-state index < -0.39 is 6.04 Å². The molecule has 0 N–H and O–H groups in total. The Kier molecular flexibility index (Phi) is 5.83. The number of hydrogen-bond donors (Lipinski definition) is 0. The molecule has 0 spiro atoms. The summed E-state index contributed by atoms with van der Waals surface area (Å²) in [5.41, 5.74) is 3.86. The molecule has 2 amide bonds. The molecule has 0 fully saturated rings. The van der Waals surface area contributed by atoms with Crippen LogP contribution in [0.2, 0.25) is 0 Å². The number of fused-ring (bicyclic) bond motifs is 4. The number of nitrogens with zero attached hydrogens (tertiary/aromatic N) is 4. The maximum absolute atomic E-state index is 13.6. The second-order valence-corrected chi connectivity index (χ2v) is 9.92. The van der Waals surface area contributed by atoms with Crippen molar-refractivity contribution in [2.24, 2.45) is 15.9 Å². The normalized spacial score (nSPS) is 20.6. The van der Waals surface area contributed by atoms with Gasteiger partial charge in [0.2, 0.25) is 5.91 Å². The average molecular weight is 461 g/mol. The maximum Gasteiger partial charge on any atom is 0.259 e. The number of aliphatic imine (C=N–C) groups is 2. The number of hydrogen-bond acceptors (Lipinski definition) is 5. The molecule has 0 radical (unpaired) electrons. The zero-order chi connectivity index (χ0) is 23.1. The number of benzene rings is 2. The number of carbonyl (C=O) groups excluding carboxylic acids is 2. The SMILES string of the molecule is CCC(SC1=Nc2ccccc2C2=NC(C(C)CC)C(=O)N12)C(=O)N1CCc2ccccc21. The predicted molar refractivity (Wildman–Crippen MR) is 134 cm³/mol. The molecule has 3 unspecified atom stereocenters. The molecular formula is C26H28N4O2S. The van der Waals surface area contributed by atoms with Crippen LogP contribution in [-0.2, 0) is 16.0 Å². The summed E-state index contributed by atoms with van der Waals surface area (Å²) in [4.78, 5) is 40.2. The van der Waals surface area contributed by atoms with Crippen molar-refractivity contribution in [1.82, 2.24) is 4.90 Å². The molecule has 0 aromatic heterocycles. The molecule has 33 heavy (non-hydrogen) atoms. The first-order valence-corrected chi connectivity index (χ1v) is 12.6. The number of anilines is 1. The molecule has 0 saturated heterocycles. The molecule has 7 heteroatoms. The third-order valence-electron chi connectivity index (χ3n) is 6.73. The van der Waals surface area contributed by atoms with Gasteiger partial charge in [-0.1, -0.05) is 69.3 Å². The molecule has 170 valence electrons. The first kappa shape index (κ1) is 21.9. The van der Waals surface area contributed by atoms with Crippen LogP contribution < -0.4 is 4.90 Å². The Hall–Kier alpha value is -2.93. The molecule has 3 heterocycles. The van der Waals surface area contributed by atoms with E-state index in [2.05, 4.69) is 19.9 Å². The second kappa shape index (κ2) is 8.78. The summed E-state index contributed by atoms with van der Waals surface area (Å²) in [6, 6.07) is 15.4. The van der Waals surface area contributed by atoms with Crippen molar-refractivity contribution in [1.29, 1.82) is 0 Å². The molecule has 0 aliphatic carbocycles. The molecule has 3 atom stereocenters. The lowest BCUT2D eigenvalue weighted by Crippen LogP contribution is -2.44. The highest BCUT2D eigenvalue weighted by atomic mass is 32.2. The number of carbonyl (C=O) groups is 2. The largest absolute Gasteiger partial charge is 0.311 e. The van der Waals surface area contributed by atoms with Gasteiger partial charge in [0, 0.05) is 17.8 Å². The number of thioether (sulfide) groups is 1. The highest BCUT2D eigenvalue weighted by Gasteiger charge is 2.44. The third kappa shape index (κ3) is 3.68. The van der Waals surface area contributed by atoms with Gasteiger partial charge < -0.3 is 4.90 Å². The first-order valence-electron chi connectivity index (χ1n) is 11.7. The number of rotatable bonds is 5. The minimum atomic E-state index is -0.414. The lowest BCUT2D eigenvalue weighted by Gasteiger charge is -2.29. The van der Waals surface area contributed by atoms with Crippen LogP contribution in [-0.4, -0.2) is 45.6 Å². The summed E-state index contributed by atoms with van der Waals surface area (Å²) in [6.45, 7) is 6.84. The van der Waals surface area contributed by atoms with E-state index in [-0.39, 0.29) is 23.0 Å². The smallest absolute Gasteiger partial charge is 0.259 e. The van der Waals surface area contributed by atoms with Crippen LogP contribution in [0.25, 0.3) is 0 Å². The zero-order valence-corrected chi connectivity index (χ0v) is 20.0. The van der Waals surface area contributed by atoms with Gasteiger partial charge in [0.1, 0.15) is 11.9 Å². The lowest BCUT2D eigenvalue weighted by atomic mass is 10.00. The summed E-state index contributed by atoms with van der Waals surface area (Å²) in [5, 5.41) is 0.216. The van der Waals surface area contributed by atoms with Crippen molar-refractivity contribution in [3.63, 3.8) is 0 Å². The summed E-state index contributed by atoms with van der Waals surface area (Å²) in [5.74, 6) is 0.817. The topological polar surface area (TPSA) is 65.3 Å². The molecule has 6 nitrogen and oxygen atoms in total. The van der Waals surface area contributed by atoms with Gasteiger partial charge in [-0.05, 0) is 42.5 Å². The van der Waals surface area contributed by atoms with E-state index in [0.717, 1.165) is 29.8 Å². The lowest BCUT2D eigenvalue weighted by molar-refractivity contribution is -0.125.